The smallest absolute Gasteiger partial charge is 0.269 e. The summed E-state index contributed by atoms with van der Waals surface area (Å²) >= 11 is 0. The second-order valence-corrected chi connectivity index (χ2v) is 7.04. The van der Waals surface area contributed by atoms with Crippen LogP contribution in [0.15, 0.2) is 42.5 Å². The SMILES string of the molecule is COc1ccc(C2(CNC(=O)c3ccc([N+](=O)[O-])cc3)CCCC2)cc1OC. The van der Waals surface area contributed by atoms with Crippen LogP contribution in [0, 0.1) is 10.1 Å². The van der Waals surface area contributed by atoms with E-state index in [0.717, 1.165) is 31.2 Å². The lowest BCUT2D eigenvalue weighted by molar-refractivity contribution is -0.384. The minimum Gasteiger partial charge on any atom is -0.493 e. The molecule has 148 valence electrons. The Balaban J connectivity index is 1.77. The van der Waals surface area contributed by atoms with E-state index in [4.69, 9.17) is 9.47 Å². The van der Waals surface area contributed by atoms with Gasteiger partial charge in [-0.15, -0.1) is 0 Å². The van der Waals surface area contributed by atoms with E-state index >= 15 is 0 Å². The molecule has 0 radical (unpaired) electrons. The quantitative estimate of drug-likeness (QED) is 0.578. The third-order valence-electron chi connectivity index (χ3n) is 5.48. The van der Waals surface area contributed by atoms with Crippen LogP contribution in [-0.2, 0) is 5.41 Å². The highest BCUT2D eigenvalue weighted by Crippen LogP contribution is 2.43. The van der Waals surface area contributed by atoms with E-state index in [1.54, 1.807) is 14.2 Å². The van der Waals surface area contributed by atoms with Crippen molar-refractivity contribution >= 4 is 11.6 Å². The van der Waals surface area contributed by atoms with Crippen LogP contribution >= 0.6 is 0 Å². The van der Waals surface area contributed by atoms with Crippen LogP contribution in [0.5, 0.6) is 11.5 Å². The summed E-state index contributed by atoms with van der Waals surface area (Å²) in [4.78, 5) is 22.8. The molecule has 0 aromatic heterocycles. The fourth-order valence-electron chi connectivity index (χ4n) is 3.87. The highest BCUT2D eigenvalue weighted by atomic mass is 16.6. The Labute approximate surface area is 163 Å². The minimum absolute atomic E-state index is 0.0332. The fraction of sp³-hybridized carbons (Fsp3) is 0.381. The number of nitro groups is 1. The molecule has 1 fully saturated rings. The zero-order chi connectivity index (χ0) is 20.1. The zero-order valence-corrected chi connectivity index (χ0v) is 16.1. The first kappa shape index (κ1) is 19.7. The molecule has 1 aliphatic carbocycles. The fourth-order valence-corrected chi connectivity index (χ4v) is 3.87. The molecule has 0 atom stereocenters. The summed E-state index contributed by atoms with van der Waals surface area (Å²) in [6, 6.07) is 11.6. The molecule has 7 nitrogen and oxygen atoms in total. The standard InChI is InChI=1S/C21H24N2O5/c1-27-18-10-7-16(13-19(18)28-2)21(11-3-4-12-21)14-22-20(24)15-5-8-17(9-6-15)23(25)26/h5-10,13H,3-4,11-12,14H2,1-2H3,(H,22,24). The molecule has 0 heterocycles. The van der Waals surface area contributed by atoms with Gasteiger partial charge in [-0.05, 0) is 42.7 Å². The number of nitro benzene ring substituents is 1. The molecule has 2 aromatic carbocycles. The molecule has 0 saturated heterocycles. The summed E-state index contributed by atoms with van der Waals surface area (Å²) in [5, 5.41) is 13.8. The number of methoxy groups -OCH3 is 2. The molecule has 7 heteroatoms. The predicted molar refractivity (Wildman–Crippen MR) is 105 cm³/mol. The van der Waals surface area contributed by atoms with Crippen LogP contribution in [0.3, 0.4) is 0 Å². The number of benzene rings is 2. The maximum Gasteiger partial charge on any atom is 0.269 e. The number of nitrogens with one attached hydrogen (secondary N) is 1. The second kappa shape index (κ2) is 8.29. The number of ether oxygens (including phenoxy) is 2. The van der Waals surface area contributed by atoms with Gasteiger partial charge in [-0.3, -0.25) is 14.9 Å². The summed E-state index contributed by atoms with van der Waals surface area (Å²) in [6.45, 7) is 0.498. The molecular weight excluding hydrogens is 360 g/mol. The number of carbonyl (C=O) groups is 1. The summed E-state index contributed by atoms with van der Waals surface area (Å²) < 4.78 is 10.8. The van der Waals surface area contributed by atoms with Crippen molar-refractivity contribution in [3.63, 3.8) is 0 Å². The lowest BCUT2D eigenvalue weighted by Crippen LogP contribution is -2.39. The predicted octanol–water partition coefficient (Wildman–Crippen LogP) is 3.85. The number of non-ortho nitro benzene ring substituents is 1. The van der Waals surface area contributed by atoms with Crippen molar-refractivity contribution in [2.24, 2.45) is 0 Å². The Hall–Kier alpha value is -3.09. The van der Waals surface area contributed by atoms with E-state index in [-0.39, 0.29) is 17.0 Å². The van der Waals surface area contributed by atoms with Crippen molar-refractivity contribution in [3.8, 4) is 11.5 Å². The van der Waals surface area contributed by atoms with Gasteiger partial charge in [0.05, 0.1) is 19.1 Å². The van der Waals surface area contributed by atoms with Gasteiger partial charge in [-0.1, -0.05) is 18.9 Å². The van der Waals surface area contributed by atoms with E-state index in [2.05, 4.69) is 5.32 Å². The van der Waals surface area contributed by atoms with Gasteiger partial charge in [0.1, 0.15) is 0 Å². The van der Waals surface area contributed by atoms with Crippen LogP contribution in [-0.4, -0.2) is 31.6 Å². The van der Waals surface area contributed by atoms with E-state index in [9.17, 15) is 14.9 Å². The molecule has 0 bridgehead atoms. The number of hydrogen-bond acceptors (Lipinski definition) is 5. The number of hydrogen-bond donors (Lipinski definition) is 1. The maximum atomic E-state index is 12.6. The maximum absolute atomic E-state index is 12.6. The molecule has 3 rings (SSSR count). The molecule has 0 aliphatic heterocycles. The summed E-state index contributed by atoms with van der Waals surface area (Å²) in [7, 11) is 3.21. The lowest BCUT2D eigenvalue weighted by atomic mass is 9.78. The molecule has 1 saturated carbocycles. The van der Waals surface area contributed by atoms with Gasteiger partial charge >= 0.3 is 0 Å². The average molecular weight is 384 g/mol. The number of rotatable bonds is 7. The lowest BCUT2D eigenvalue weighted by Gasteiger charge is -2.30. The molecular formula is C21H24N2O5. The van der Waals surface area contributed by atoms with Crippen LogP contribution in [0.1, 0.15) is 41.6 Å². The first-order valence-electron chi connectivity index (χ1n) is 9.24. The van der Waals surface area contributed by atoms with Crippen molar-refractivity contribution in [1.82, 2.24) is 5.32 Å². The van der Waals surface area contributed by atoms with E-state index in [1.165, 1.54) is 24.3 Å². The van der Waals surface area contributed by atoms with Crippen molar-refractivity contribution < 1.29 is 19.2 Å². The average Bonchev–Trinajstić information content (AvgIpc) is 3.21. The number of nitrogens with zero attached hydrogens (tertiary/aromatic N) is 1. The van der Waals surface area contributed by atoms with Gasteiger partial charge < -0.3 is 14.8 Å². The largest absolute Gasteiger partial charge is 0.493 e. The van der Waals surface area contributed by atoms with Gasteiger partial charge in [0, 0.05) is 29.7 Å². The molecule has 1 N–H and O–H groups in total. The Bertz CT molecular complexity index is 858. The van der Waals surface area contributed by atoms with Crippen molar-refractivity contribution in [2.45, 2.75) is 31.1 Å². The van der Waals surface area contributed by atoms with E-state index in [1.807, 2.05) is 18.2 Å². The zero-order valence-electron chi connectivity index (χ0n) is 16.1. The Morgan fingerprint density at radius 1 is 1.07 bits per heavy atom. The highest BCUT2D eigenvalue weighted by Gasteiger charge is 2.36. The monoisotopic (exact) mass is 384 g/mol. The first-order valence-corrected chi connectivity index (χ1v) is 9.24. The Morgan fingerprint density at radius 2 is 1.71 bits per heavy atom. The molecule has 1 amide bonds. The topological polar surface area (TPSA) is 90.7 Å². The molecule has 28 heavy (non-hydrogen) atoms. The molecule has 1 aliphatic rings. The summed E-state index contributed by atoms with van der Waals surface area (Å²) in [5.74, 6) is 1.11. The van der Waals surface area contributed by atoms with Crippen molar-refractivity contribution in [2.75, 3.05) is 20.8 Å². The summed E-state index contributed by atoms with van der Waals surface area (Å²) in [6.07, 6.45) is 4.15. The third kappa shape index (κ3) is 3.93. The molecule has 0 spiro atoms. The van der Waals surface area contributed by atoms with Crippen molar-refractivity contribution in [1.29, 1.82) is 0 Å². The van der Waals surface area contributed by atoms with Gasteiger partial charge in [0.15, 0.2) is 11.5 Å². The van der Waals surface area contributed by atoms with Crippen LogP contribution in [0.25, 0.3) is 0 Å². The molecule has 2 aromatic rings. The van der Waals surface area contributed by atoms with E-state index < -0.39 is 4.92 Å². The van der Waals surface area contributed by atoms with Crippen LogP contribution in [0.2, 0.25) is 0 Å². The van der Waals surface area contributed by atoms with Gasteiger partial charge in [0.2, 0.25) is 0 Å². The number of carbonyl (C=O) groups excluding carboxylic acids is 1. The Morgan fingerprint density at radius 3 is 2.29 bits per heavy atom. The van der Waals surface area contributed by atoms with Gasteiger partial charge in [-0.25, -0.2) is 0 Å². The normalized spacial score (nSPS) is 15.1. The summed E-state index contributed by atoms with van der Waals surface area (Å²) in [5.41, 5.74) is 1.34. The third-order valence-corrected chi connectivity index (χ3v) is 5.48. The van der Waals surface area contributed by atoms with Gasteiger partial charge in [0.25, 0.3) is 11.6 Å². The van der Waals surface area contributed by atoms with Crippen molar-refractivity contribution in [3.05, 3.63) is 63.7 Å². The van der Waals surface area contributed by atoms with Gasteiger partial charge in [-0.2, -0.15) is 0 Å². The van der Waals surface area contributed by atoms with Crippen LogP contribution < -0.4 is 14.8 Å². The number of amides is 1. The highest BCUT2D eigenvalue weighted by molar-refractivity contribution is 5.94. The van der Waals surface area contributed by atoms with Crippen LogP contribution in [0.4, 0.5) is 5.69 Å². The Kier molecular flexibility index (Phi) is 5.82. The second-order valence-electron chi connectivity index (χ2n) is 7.04. The molecule has 0 unspecified atom stereocenters. The first-order chi connectivity index (χ1) is 13.5. The minimum atomic E-state index is -0.480. The van der Waals surface area contributed by atoms with E-state index in [0.29, 0.717) is 23.6 Å².